The maximum absolute atomic E-state index is 5.84. The van der Waals surface area contributed by atoms with Crippen LogP contribution in [0.15, 0.2) is 30.3 Å². The van der Waals surface area contributed by atoms with Gasteiger partial charge in [0.05, 0.1) is 32.2 Å². The minimum atomic E-state index is 0. The molecule has 0 saturated heterocycles. The lowest BCUT2D eigenvalue weighted by Crippen LogP contribution is -3.11. The molecule has 0 aromatic heterocycles. The number of hydrogen-bond acceptors (Lipinski definition) is 2. The molecule has 1 rings (SSSR count). The van der Waals surface area contributed by atoms with Crippen molar-refractivity contribution in [3.8, 4) is 0 Å². The minimum absolute atomic E-state index is 0. The minimum Gasteiger partial charge on any atom is -1.00 e. The number of rotatable bonds is 10. The number of halogens is 2. The summed E-state index contributed by atoms with van der Waals surface area (Å²) in [5, 5.41) is 0. The zero-order chi connectivity index (χ0) is 13.1. The fraction of sp³-hybridized carbons (Fsp3) is 0.571. The quantitative estimate of drug-likeness (QED) is 0.398. The Morgan fingerprint density at radius 1 is 1.05 bits per heavy atom. The van der Waals surface area contributed by atoms with Crippen LogP contribution in [-0.4, -0.2) is 45.9 Å². The summed E-state index contributed by atoms with van der Waals surface area (Å²) in [6.45, 7) is 5.01. The average molecular weight is 308 g/mol. The van der Waals surface area contributed by atoms with Gasteiger partial charge in [-0.15, -0.1) is 11.6 Å². The molecule has 0 amide bonds. The van der Waals surface area contributed by atoms with E-state index in [-0.39, 0.29) is 12.4 Å². The molecule has 1 aromatic rings. The van der Waals surface area contributed by atoms with Gasteiger partial charge in [-0.25, -0.2) is 0 Å². The molecule has 0 fully saturated rings. The van der Waals surface area contributed by atoms with E-state index in [0.717, 1.165) is 26.2 Å². The van der Waals surface area contributed by atoms with E-state index < -0.39 is 0 Å². The Hall–Kier alpha value is -0.320. The van der Waals surface area contributed by atoms with Crippen molar-refractivity contribution in [3.63, 3.8) is 0 Å². The van der Waals surface area contributed by atoms with Crippen LogP contribution in [-0.2, 0) is 16.0 Å². The van der Waals surface area contributed by atoms with Crippen LogP contribution in [0.25, 0.3) is 0 Å². The number of benzene rings is 1. The topological polar surface area (TPSA) is 22.9 Å². The zero-order valence-corrected chi connectivity index (χ0v) is 12.9. The van der Waals surface area contributed by atoms with Gasteiger partial charge < -0.3 is 26.8 Å². The van der Waals surface area contributed by atoms with E-state index in [4.69, 9.17) is 21.1 Å². The van der Waals surface area contributed by atoms with Crippen molar-refractivity contribution < 1.29 is 26.8 Å². The molecular weight excluding hydrogens is 285 g/mol. The monoisotopic (exact) mass is 307 g/mol. The highest BCUT2D eigenvalue weighted by Gasteiger charge is 2.08. The molecule has 0 spiro atoms. The van der Waals surface area contributed by atoms with E-state index in [9.17, 15) is 0 Å². The summed E-state index contributed by atoms with van der Waals surface area (Å²) in [5.74, 6) is 0.681. The molecule has 19 heavy (non-hydrogen) atoms. The summed E-state index contributed by atoms with van der Waals surface area (Å²) in [6.07, 6.45) is 0. The van der Waals surface area contributed by atoms with Gasteiger partial charge in [-0.1, -0.05) is 30.3 Å². The van der Waals surface area contributed by atoms with Gasteiger partial charge in [0.25, 0.3) is 0 Å². The molecule has 5 heteroatoms. The fourth-order valence-electron chi connectivity index (χ4n) is 1.78. The van der Waals surface area contributed by atoms with Gasteiger partial charge in [0, 0.05) is 12.7 Å². The van der Waals surface area contributed by atoms with Crippen LogP contribution in [0.4, 0.5) is 0 Å². The van der Waals surface area contributed by atoms with Crippen molar-refractivity contribution in [3.05, 3.63) is 35.9 Å². The van der Waals surface area contributed by atoms with Crippen LogP contribution < -0.4 is 17.3 Å². The summed E-state index contributed by atoms with van der Waals surface area (Å²) in [7, 11) is 1.68. The predicted octanol–water partition coefficient (Wildman–Crippen LogP) is -2.02. The lowest BCUT2D eigenvalue weighted by atomic mass is 10.2. The van der Waals surface area contributed by atoms with E-state index in [2.05, 4.69) is 24.3 Å². The van der Waals surface area contributed by atoms with Crippen molar-refractivity contribution in [1.29, 1.82) is 0 Å². The first-order valence-corrected chi connectivity index (χ1v) is 6.90. The van der Waals surface area contributed by atoms with E-state index in [1.165, 1.54) is 10.5 Å². The van der Waals surface area contributed by atoms with Crippen molar-refractivity contribution in [2.75, 3.05) is 45.9 Å². The van der Waals surface area contributed by atoms with Crippen LogP contribution in [0.2, 0.25) is 0 Å². The standard InChI is InChI=1S/C14H22ClNO2.ClH/c1-17-11-12-18-10-9-16(8-7-15)13-14-5-3-2-4-6-14;/h2-6H,7-13H2,1H3;1H. The molecule has 1 unspecified atom stereocenters. The molecule has 3 nitrogen and oxygen atoms in total. The van der Waals surface area contributed by atoms with Gasteiger partial charge in [-0.05, 0) is 0 Å². The maximum Gasteiger partial charge on any atom is 0.103 e. The number of ether oxygens (including phenoxy) is 2. The fourth-order valence-corrected chi connectivity index (χ4v) is 2.05. The largest absolute Gasteiger partial charge is 1.00 e. The van der Waals surface area contributed by atoms with Gasteiger partial charge >= 0.3 is 0 Å². The summed E-state index contributed by atoms with van der Waals surface area (Å²) >= 11 is 5.84. The SMILES string of the molecule is COCCOCC[NH+](CCCl)Cc1ccccc1.[Cl-]. The molecule has 0 aliphatic rings. The molecule has 0 heterocycles. The van der Waals surface area contributed by atoms with Gasteiger partial charge in [-0.3, -0.25) is 0 Å². The van der Waals surface area contributed by atoms with Crippen molar-refractivity contribution in [1.82, 2.24) is 0 Å². The molecule has 0 aliphatic heterocycles. The molecule has 110 valence electrons. The first kappa shape index (κ1) is 18.7. The van der Waals surface area contributed by atoms with Gasteiger partial charge in [0.2, 0.25) is 0 Å². The third-order valence-electron chi connectivity index (χ3n) is 2.78. The Morgan fingerprint density at radius 3 is 2.42 bits per heavy atom. The van der Waals surface area contributed by atoms with E-state index in [1.54, 1.807) is 7.11 Å². The molecule has 0 bridgehead atoms. The summed E-state index contributed by atoms with van der Waals surface area (Å²) < 4.78 is 10.4. The molecule has 0 saturated carbocycles. The van der Waals surface area contributed by atoms with Crippen LogP contribution >= 0.6 is 11.6 Å². The third kappa shape index (κ3) is 9.25. The lowest BCUT2D eigenvalue weighted by Gasteiger charge is -2.18. The Kier molecular flexibility index (Phi) is 12.5. The van der Waals surface area contributed by atoms with E-state index in [1.807, 2.05) is 6.07 Å². The molecular formula is C14H23Cl2NO2. The second kappa shape index (κ2) is 12.7. The summed E-state index contributed by atoms with van der Waals surface area (Å²) in [5.41, 5.74) is 1.34. The highest BCUT2D eigenvalue weighted by molar-refractivity contribution is 6.17. The van der Waals surface area contributed by atoms with Gasteiger partial charge in [0.1, 0.15) is 13.1 Å². The normalized spacial score (nSPS) is 11.9. The average Bonchev–Trinajstić information content (AvgIpc) is 2.40. The van der Waals surface area contributed by atoms with Crippen LogP contribution in [0, 0.1) is 0 Å². The Balaban J connectivity index is 0.00000324. The molecule has 0 radical (unpaired) electrons. The second-order valence-electron chi connectivity index (χ2n) is 4.21. The highest BCUT2D eigenvalue weighted by Crippen LogP contribution is 1.95. The second-order valence-corrected chi connectivity index (χ2v) is 4.58. The molecule has 1 atom stereocenters. The summed E-state index contributed by atoms with van der Waals surface area (Å²) in [4.78, 5) is 1.45. The number of methoxy groups -OCH3 is 1. The van der Waals surface area contributed by atoms with Crippen LogP contribution in [0.5, 0.6) is 0 Å². The van der Waals surface area contributed by atoms with Crippen molar-refractivity contribution in [2.24, 2.45) is 0 Å². The van der Waals surface area contributed by atoms with Gasteiger partial charge in [-0.2, -0.15) is 0 Å². The van der Waals surface area contributed by atoms with Gasteiger partial charge in [0.15, 0.2) is 0 Å². The lowest BCUT2D eigenvalue weighted by molar-refractivity contribution is -0.911. The first-order valence-electron chi connectivity index (χ1n) is 6.37. The van der Waals surface area contributed by atoms with E-state index in [0.29, 0.717) is 19.1 Å². The zero-order valence-electron chi connectivity index (χ0n) is 11.4. The molecule has 1 N–H and O–H groups in total. The molecule has 0 aliphatic carbocycles. The van der Waals surface area contributed by atoms with Crippen molar-refractivity contribution >= 4 is 11.6 Å². The highest BCUT2D eigenvalue weighted by atomic mass is 35.5. The first-order chi connectivity index (χ1) is 8.86. The van der Waals surface area contributed by atoms with Crippen LogP contribution in [0.1, 0.15) is 5.56 Å². The number of hydrogen-bond donors (Lipinski definition) is 1. The predicted molar refractivity (Wildman–Crippen MR) is 74.3 cm³/mol. The maximum atomic E-state index is 5.84. The Bertz CT molecular complexity index is 299. The number of alkyl halides is 1. The molecule has 1 aromatic carbocycles. The third-order valence-corrected chi connectivity index (χ3v) is 2.97. The summed E-state index contributed by atoms with van der Waals surface area (Å²) in [6, 6.07) is 10.5. The van der Waals surface area contributed by atoms with Crippen LogP contribution in [0.3, 0.4) is 0 Å². The number of nitrogens with one attached hydrogen (secondary N) is 1. The van der Waals surface area contributed by atoms with Crippen molar-refractivity contribution in [2.45, 2.75) is 6.54 Å². The Morgan fingerprint density at radius 2 is 1.79 bits per heavy atom. The Labute approximate surface area is 127 Å². The number of quaternary nitrogens is 1. The smallest absolute Gasteiger partial charge is 0.103 e. The van der Waals surface area contributed by atoms with E-state index >= 15 is 0 Å².